The van der Waals surface area contributed by atoms with Crippen LogP contribution in [-0.2, 0) is 20.7 Å². The summed E-state index contributed by atoms with van der Waals surface area (Å²) in [5.74, 6) is -0.00973. The normalized spacial score (nSPS) is 17.9. The van der Waals surface area contributed by atoms with Crippen molar-refractivity contribution in [1.29, 1.82) is 0 Å². The van der Waals surface area contributed by atoms with E-state index in [1.807, 2.05) is 0 Å². The molecule has 0 spiro atoms. The second kappa shape index (κ2) is 6.63. The zero-order valence-corrected chi connectivity index (χ0v) is 14.1. The van der Waals surface area contributed by atoms with Crippen molar-refractivity contribution in [3.8, 4) is 0 Å². The first kappa shape index (κ1) is 16.5. The highest BCUT2D eigenvalue weighted by atomic mass is 16.6. The zero-order valence-electron chi connectivity index (χ0n) is 14.1. The summed E-state index contributed by atoms with van der Waals surface area (Å²) in [6, 6.07) is 6.28. The molecule has 0 aliphatic carbocycles. The highest BCUT2D eigenvalue weighted by molar-refractivity contribution is 5.97. The average Bonchev–Trinajstić information content (AvgIpc) is 2.82. The van der Waals surface area contributed by atoms with Gasteiger partial charge in [0, 0.05) is 32.0 Å². The fraction of sp³-hybridized carbons (Fsp3) is 0.500. The summed E-state index contributed by atoms with van der Waals surface area (Å²) in [4.78, 5) is 38.0. The van der Waals surface area contributed by atoms with E-state index in [9.17, 15) is 14.4 Å². The minimum atomic E-state index is -0.570. The fourth-order valence-corrected chi connectivity index (χ4v) is 3.07. The minimum absolute atomic E-state index is 0.125. The number of imide groups is 1. The van der Waals surface area contributed by atoms with Gasteiger partial charge in [0.15, 0.2) is 6.61 Å². The van der Waals surface area contributed by atoms with Gasteiger partial charge >= 0.3 is 6.09 Å². The molecule has 2 aliphatic rings. The van der Waals surface area contributed by atoms with Crippen LogP contribution < -0.4 is 0 Å². The average molecular weight is 330 g/mol. The molecule has 0 bridgehead atoms. The molecule has 0 aromatic heterocycles. The number of benzene rings is 1. The third-order valence-corrected chi connectivity index (χ3v) is 4.79. The lowest BCUT2D eigenvalue weighted by Gasteiger charge is -2.40. The molecule has 0 unspecified atom stereocenters. The van der Waals surface area contributed by atoms with Crippen molar-refractivity contribution in [2.75, 3.05) is 26.2 Å². The van der Waals surface area contributed by atoms with E-state index in [2.05, 4.69) is 36.8 Å². The van der Waals surface area contributed by atoms with Crippen LogP contribution in [0, 0.1) is 19.8 Å². The number of aryl methyl sites for hydroxylation is 3. The van der Waals surface area contributed by atoms with E-state index in [0.29, 0.717) is 26.1 Å². The summed E-state index contributed by atoms with van der Waals surface area (Å²) >= 11 is 0. The van der Waals surface area contributed by atoms with Crippen LogP contribution in [0.2, 0.25) is 0 Å². The number of amides is 3. The zero-order chi connectivity index (χ0) is 17.3. The summed E-state index contributed by atoms with van der Waals surface area (Å²) < 4.78 is 4.68. The number of hydrogen-bond acceptors (Lipinski definition) is 4. The highest BCUT2D eigenvalue weighted by Gasteiger charge is 2.38. The Labute approximate surface area is 141 Å². The SMILES string of the molecule is Cc1ccc(CCC(=O)N2CC(CN3C(=O)COC3=O)C2)cc1C. The molecule has 6 heteroatoms. The molecule has 2 fully saturated rings. The Morgan fingerprint density at radius 3 is 2.58 bits per heavy atom. The molecule has 6 nitrogen and oxygen atoms in total. The van der Waals surface area contributed by atoms with Crippen LogP contribution in [0.15, 0.2) is 18.2 Å². The third-order valence-electron chi connectivity index (χ3n) is 4.79. The van der Waals surface area contributed by atoms with Crippen molar-refractivity contribution >= 4 is 17.9 Å². The van der Waals surface area contributed by atoms with E-state index in [0.717, 1.165) is 11.3 Å². The molecule has 128 valence electrons. The lowest BCUT2D eigenvalue weighted by atomic mass is 9.97. The van der Waals surface area contributed by atoms with Gasteiger partial charge in [-0.2, -0.15) is 0 Å². The number of ether oxygens (including phenoxy) is 1. The summed E-state index contributed by atoms with van der Waals surface area (Å²) in [6.07, 6.45) is 0.650. The number of carbonyl (C=O) groups excluding carboxylic acids is 3. The van der Waals surface area contributed by atoms with Gasteiger partial charge in [0.2, 0.25) is 5.91 Å². The van der Waals surface area contributed by atoms with Crippen LogP contribution in [0.5, 0.6) is 0 Å². The molecule has 3 amide bonds. The lowest BCUT2D eigenvalue weighted by Crippen LogP contribution is -2.54. The van der Waals surface area contributed by atoms with Crippen molar-refractivity contribution < 1.29 is 19.1 Å². The molecular weight excluding hydrogens is 308 g/mol. The molecule has 0 saturated carbocycles. The molecule has 2 heterocycles. The lowest BCUT2D eigenvalue weighted by molar-refractivity contribution is -0.138. The van der Waals surface area contributed by atoms with E-state index in [1.165, 1.54) is 16.7 Å². The quantitative estimate of drug-likeness (QED) is 0.824. The predicted octanol–water partition coefficient (Wildman–Crippen LogP) is 1.67. The van der Waals surface area contributed by atoms with Gasteiger partial charge in [0.1, 0.15) is 0 Å². The molecule has 3 rings (SSSR count). The Balaban J connectivity index is 1.42. The maximum absolute atomic E-state index is 12.2. The van der Waals surface area contributed by atoms with E-state index >= 15 is 0 Å². The van der Waals surface area contributed by atoms with Crippen LogP contribution in [0.1, 0.15) is 23.1 Å². The number of rotatable bonds is 5. The molecule has 1 aromatic rings. The topological polar surface area (TPSA) is 66.9 Å². The Morgan fingerprint density at radius 2 is 1.96 bits per heavy atom. The van der Waals surface area contributed by atoms with Crippen LogP contribution in [0.3, 0.4) is 0 Å². The molecule has 0 radical (unpaired) electrons. The second-order valence-electron chi connectivity index (χ2n) is 6.64. The number of likely N-dealkylation sites (tertiary alicyclic amines) is 1. The van der Waals surface area contributed by atoms with E-state index < -0.39 is 6.09 Å². The maximum atomic E-state index is 12.2. The van der Waals surface area contributed by atoms with Gasteiger partial charge in [-0.25, -0.2) is 9.69 Å². The largest absolute Gasteiger partial charge is 0.439 e. The number of cyclic esters (lactones) is 1. The first-order valence-corrected chi connectivity index (χ1v) is 8.25. The third kappa shape index (κ3) is 3.42. The summed E-state index contributed by atoms with van der Waals surface area (Å²) in [5.41, 5.74) is 3.67. The van der Waals surface area contributed by atoms with Crippen LogP contribution >= 0.6 is 0 Å². The number of hydrogen-bond donors (Lipinski definition) is 0. The number of nitrogens with zero attached hydrogens (tertiary/aromatic N) is 2. The van der Waals surface area contributed by atoms with Crippen molar-refractivity contribution in [2.45, 2.75) is 26.7 Å². The van der Waals surface area contributed by atoms with Gasteiger partial charge in [-0.3, -0.25) is 9.59 Å². The van der Waals surface area contributed by atoms with Crippen LogP contribution in [0.25, 0.3) is 0 Å². The monoisotopic (exact) mass is 330 g/mol. The van der Waals surface area contributed by atoms with Crippen LogP contribution in [0.4, 0.5) is 4.79 Å². The van der Waals surface area contributed by atoms with Gasteiger partial charge in [-0.1, -0.05) is 18.2 Å². The fourth-order valence-electron chi connectivity index (χ4n) is 3.07. The maximum Gasteiger partial charge on any atom is 0.417 e. The second-order valence-corrected chi connectivity index (χ2v) is 6.64. The van der Waals surface area contributed by atoms with Crippen molar-refractivity contribution in [3.63, 3.8) is 0 Å². The van der Waals surface area contributed by atoms with Crippen LogP contribution in [-0.4, -0.2) is 53.9 Å². The van der Waals surface area contributed by atoms with Gasteiger partial charge in [0.05, 0.1) is 0 Å². The first-order chi connectivity index (χ1) is 11.4. The molecule has 1 aromatic carbocycles. The molecule has 0 atom stereocenters. The van der Waals surface area contributed by atoms with Gasteiger partial charge < -0.3 is 9.64 Å². The predicted molar refractivity (Wildman–Crippen MR) is 87.4 cm³/mol. The Kier molecular flexibility index (Phi) is 4.55. The standard InChI is InChI=1S/C18H22N2O4/c1-12-3-4-14(7-13(12)2)5-6-16(21)19-8-15(9-19)10-20-17(22)11-24-18(20)23/h3-4,7,15H,5-6,8-11H2,1-2H3. The Bertz CT molecular complexity index is 664. The summed E-state index contributed by atoms with van der Waals surface area (Å²) in [5, 5.41) is 0. The smallest absolute Gasteiger partial charge is 0.417 e. The van der Waals surface area contributed by atoms with Gasteiger partial charge in [-0.15, -0.1) is 0 Å². The molecule has 0 N–H and O–H groups in total. The van der Waals surface area contributed by atoms with Gasteiger partial charge in [0.25, 0.3) is 5.91 Å². The van der Waals surface area contributed by atoms with E-state index in [1.54, 1.807) is 4.90 Å². The van der Waals surface area contributed by atoms with Crippen molar-refractivity contribution in [3.05, 3.63) is 34.9 Å². The molecule has 24 heavy (non-hydrogen) atoms. The molecular formula is C18H22N2O4. The Morgan fingerprint density at radius 1 is 1.21 bits per heavy atom. The number of carbonyl (C=O) groups is 3. The first-order valence-electron chi connectivity index (χ1n) is 8.25. The van der Waals surface area contributed by atoms with Crippen molar-refractivity contribution in [1.82, 2.24) is 9.80 Å². The molecule has 2 saturated heterocycles. The van der Waals surface area contributed by atoms with E-state index in [-0.39, 0.29) is 24.3 Å². The highest BCUT2D eigenvalue weighted by Crippen LogP contribution is 2.21. The van der Waals surface area contributed by atoms with Gasteiger partial charge in [-0.05, 0) is 37.0 Å². The van der Waals surface area contributed by atoms with Crippen molar-refractivity contribution in [2.24, 2.45) is 5.92 Å². The summed E-state index contributed by atoms with van der Waals surface area (Å²) in [6.45, 7) is 5.53. The summed E-state index contributed by atoms with van der Waals surface area (Å²) in [7, 11) is 0. The Hall–Kier alpha value is -2.37. The molecule has 2 aliphatic heterocycles. The van der Waals surface area contributed by atoms with E-state index in [4.69, 9.17) is 0 Å². The minimum Gasteiger partial charge on any atom is -0.439 e.